The number of hydrogen-bond donors (Lipinski definition) is 2. The van der Waals surface area contributed by atoms with E-state index < -0.39 is 0 Å². The quantitative estimate of drug-likeness (QED) is 0.784. The summed E-state index contributed by atoms with van der Waals surface area (Å²) in [5.74, 6) is 0.919. The lowest BCUT2D eigenvalue weighted by Crippen LogP contribution is -2.19. The summed E-state index contributed by atoms with van der Waals surface area (Å²) < 4.78 is 0. The monoisotopic (exact) mass is 208 g/mol. The van der Waals surface area contributed by atoms with Crippen molar-refractivity contribution >= 4 is 0 Å². The van der Waals surface area contributed by atoms with Gasteiger partial charge in [-0.25, -0.2) is 4.98 Å². The maximum atomic E-state index is 5.61. The fraction of sp³-hybridized carbons (Fsp3) is 0.727. The van der Waals surface area contributed by atoms with Crippen molar-refractivity contribution in [2.45, 2.75) is 38.8 Å². The van der Waals surface area contributed by atoms with Gasteiger partial charge in [0.25, 0.3) is 0 Å². The maximum Gasteiger partial charge on any atom is 0.120 e. The topological polar surface area (TPSA) is 57.9 Å². The average Bonchev–Trinajstić information content (AvgIpc) is 2.82. The van der Waals surface area contributed by atoms with E-state index in [0.717, 1.165) is 12.2 Å². The van der Waals surface area contributed by atoms with Crippen LogP contribution in [0.1, 0.15) is 43.0 Å². The van der Waals surface area contributed by atoms with E-state index in [4.69, 9.17) is 5.73 Å². The molecule has 2 heterocycles. The van der Waals surface area contributed by atoms with Gasteiger partial charge in [0.15, 0.2) is 0 Å². The van der Waals surface area contributed by atoms with Gasteiger partial charge >= 0.3 is 0 Å². The van der Waals surface area contributed by atoms with Crippen LogP contribution in [0.5, 0.6) is 0 Å². The number of H-pyrrole nitrogens is 1. The van der Waals surface area contributed by atoms with Crippen molar-refractivity contribution in [1.29, 1.82) is 0 Å². The summed E-state index contributed by atoms with van der Waals surface area (Å²) in [5.41, 5.74) is 8.09. The van der Waals surface area contributed by atoms with E-state index in [1.165, 1.54) is 30.8 Å². The van der Waals surface area contributed by atoms with E-state index in [1.54, 1.807) is 0 Å². The molecule has 2 rings (SSSR count). The predicted octanol–water partition coefficient (Wildman–Crippen LogP) is 1.20. The molecule has 1 aliphatic heterocycles. The van der Waals surface area contributed by atoms with Gasteiger partial charge in [0.05, 0.1) is 18.3 Å². The summed E-state index contributed by atoms with van der Waals surface area (Å²) in [5, 5.41) is 0. The highest BCUT2D eigenvalue weighted by molar-refractivity contribution is 5.19. The highest BCUT2D eigenvalue weighted by Gasteiger charge is 2.26. The smallest absolute Gasteiger partial charge is 0.120 e. The zero-order chi connectivity index (χ0) is 10.8. The number of aromatic amines is 1. The molecule has 4 heteroatoms. The summed E-state index contributed by atoms with van der Waals surface area (Å²) in [7, 11) is 2.17. The SMILES string of the molecule is CCc1[nH]c(CN)nc1C1CCCN1C. The van der Waals surface area contributed by atoms with Crippen molar-refractivity contribution in [3.8, 4) is 0 Å². The third-order valence-corrected chi connectivity index (χ3v) is 3.24. The molecular weight excluding hydrogens is 188 g/mol. The van der Waals surface area contributed by atoms with Crippen molar-refractivity contribution in [2.24, 2.45) is 5.73 Å². The summed E-state index contributed by atoms with van der Waals surface area (Å²) >= 11 is 0. The van der Waals surface area contributed by atoms with Crippen molar-refractivity contribution in [1.82, 2.24) is 14.9 Å². The predicted molar refractivity (Wildman–Crippen MR) is 60.5 cm³/mol. The first-order valence-electron chi connectivity index (χ1n) is 5.74. The van der Waals surface area contributed by atoms with Crippen LogP contribution in [0.15, 0.2) is 0 Å². The zero-order valence-electron chi connectivity index (χ0n) is 9.58. The largest absolute Gasteiger partial charge is 0.345 e. The third kappa shape index (κ3) is 1.92. The Bertz CT molecular complexity index is 331. The van der Waals surface area contributed by atoms with E-state index in [9.17, 15) is 0 Å². The standard InChI is InChI=1S/C11H20N4/c1-3-8-11(14-10(7-12)13-8)9-5-4-6-15(9)2/h9H,3-7,12H2,1-2H3,(H,13,14). The van der Waals surface area contributed by atoms with Gasteiger partial charge < -0.3 is 10.7 Å². The molecule has 0 aromatic carbocycles. The lowest BCUT2D eigenvalue weighted by Gasteiger charge is -2.18. The van der Waals surface area contributed by atoms with Gasteiger partial charge in [0.2, 0.25) is 0 Å². The highest BCUT2D eigenvalue weighted by atomic mass is 15.2. The number of aryl methyl sites for hydroxylation is 1. The van der Waals surface area contributed by atoms with Crippen molar-refractivity contribution in [3.05, 3.63) is 17.2 Å². The van der Waals surface area contributed by atoms with Crippen LogP contribution >= 0.6 is 0 Å². The fourth-order valence-corrected chi connectivity index (χ4v) is 2.38. The molecule has 0 bridgehead atoms. The molecule has 1 aromatic rings. The number of rotatable bonds is 3. The molecule has 0 amide bonds. The molecule has 3 N–H and O–H groups in total. The van der Waals surface area contributed by atoms with Crippen LogP contribution in [-0.4, -0.2) is 28.5 Å². The van der Waals surface area contributed by atoms with Gasteiger partial charge in [-0.15, -0.1) is 0 Å². The second-order valence-corrected chi connectivity index (χ2v) is 4.24. The van der Waals surface area contributed by atoms with Gasteiger partial charge in [-0.1, -0.05) is 6.92 Å². The molecule has 0 radical (unpaired) electrons. The van der Waals surface area contributed by atoms with Crippen LogP contribution in [0.3, 0.4) is 0 Å². The number of hydrogen-bond acceptors (Lipinski definition) is 3. The Morgan fingerprint density at radius 1 is 1.60 bits per heavy atom. The van der Waals surface area contributed by atoms with Gasteiger partial charge in [-0.05, 0) is 32.9 Å². The van der Waals surface area contributed by atoms with Crippen LogP contribution in [0, 0.1) is 0 Å². The zero-order valence-corrected chi connectivity index (χ0v) is 9.58. The van der Waals surface area contributed by atoms with Crippen LogP contribution in [0.4, 0.5) is 0 Å². The summed E-state index contributed by atoms with van der Waals surface area (Å²) in [6, 6.07) is 0.497. The number of nitrogens with two attached hydrogens (primary N) is 1. The molecule has 0 saturated carbocycles. The molecule has 15 heavy (non-hydrogen) atoms. The summed E-state index contributed by atoms with van der Waals surface area (Å²) in [6.45, 7) is 3.84. The molecule has 84 valence electrons. The molecule has 1 aromatic heterocycles. The van der Waals surface area contributed by atoms with E-state index in [-0.39, 0.29) is 0 Å². The van der Waals surface area contributed by atoms with Gasteiger partial charge in [0, 0.05) is 5.69 Å². The Labute approximate surface area is 90.9 Å². The molecule has 1 unspecified atom stereocenters. The van der Waals surface area contributed by atoms with Crippen LogP contribution in [-0.2, 0) is 13.0 Å². The highest BCUT2D eigenvalue weighted by Crippen LogP contribution is 2.31. The summed E-state index contributed by atoms with van der Waals surface area (Å²) in [4.78, 5) is 10.3. The number of likely N-dealkylation sites (tertiary alicyclic amines) is 1. The van der Waals surface area contributed by atoms with Crippen LogP contribution < -0.4 is 5.73 Å². The average molecular weight is 208 g/mol. The van der Waals surface area contributed by atoms with Crippen LogP contribution in [0.2, 0.25) is 0 Å². The molecule has 4 nitrogen and oxygen atoms in total. The lowest BCUT2D eigenvalue weighted by molar-refractivity contribution is 0.311. The number of nitrogens with zero attached hydrogens (tertiary/aromatic N) is 2. The van der Waals surface area contributed by atoms with Gasteiger partial charge in [-0.3, -0.25) is 4.90 Å². The minimum Gasteiger partial charge on any atom is -0.345 e. The van der Waals surface area contributed by atoms with E-state index in [0.29, 0.717) is 12.6 Å². The Hall–Kier alpha value is -0.870. The number of imidazole rings is 1. The van der Waals surface area contributed by atoms with Crippen molar-refractivity contribution in [3.63, 3.8) is 0 Å². The minimum absolute atomic E-state index is 0.497. The molecule has 0 aliphatic carbocycles. The Balaban J connectivity index is 2.29. The number of nitrogens with one attached hydrogen (secondary N) is 1. The lowest BCUT2D eigenvalue weighted by atomic mass is 10.1. The molecule has 1 atom stereocenters. The van der Waals surface area contributed by atoms with Crippen LogP contribution in [0.25, 0.3) is 0 Å². The normalized spacial score (nSPS) is 22.5. The molecule has 1 aliphatic rings. The Kier molecular flexibility index (Phi) is 3.07. The minimum atomic E-state index is 0.497. The first-order valence-corrected chi connectivity index (χ1v) is 5.74. The Morgan fingerprint density at radius 3 is 2.93 bits per heavy atom. The van der Waals surface area contributed by atoms with E-state index in [1.807, 2.05) is 0 Å². The number of aromatic nitrogens is 2. The first-order chi connectivity index (χ1) is 7.26. The van der Waals surface area contributed by atoms with Crippen molar-refractivity contribution < 1.29 is 0 Å². The second kappa shape index (κ2) is 4.33. The summed E-state index contributed by atoms with van der Waals surface area (Å²) in [6.07, 6.45) is 3.50. The maximum absolute atomic E-state index is 5.61. The Morgan fingerprint density at radius 2 is 2.40 bits per heavy atom. The first kappa shape index (κ1) is 10.6. The molecule has 0 spiro atoms. The van der Waals surface area contributed by atoms with Gasteiger partial charge in [-0.2, -0.15) is 0 Å². The van der Waals surface area contributed by atoms with E-state index in [2.05, 4.69) is 28.8 Å². The molecule has 1 fully saturated rings. The second-order valence-electron chi connectivity index (χ2n) is 4.24. The molecule has 1 saturated heterocycles. The third-order valence-electron chi connectivity index (χ3n) is 3.24. The van der Waals surface area contributed by atoms with Gasteiger partial charge in [0.1, 0.15) is 5.82 Å². The van der Waals surface area contributed by atoms with Crippen molar-refractivity contribution in [2.75, 3.05) is 13.6 Å². The molecular formula is C11H20N4. The fourth-order valence-electron chi connectivity index (χ4n) is 2.38. The van der Waals surface area contributed by atoms with E-state index >= 15 is 0 Å².